The van der Waals surface area contributed by atoms with Crippen LogP contribution in [0.2, 0.25) is 30.0 Å². The third kappa shape index (κ3) is 8.27. The minimum atomic E-state index is -2.74. The molecular formula is C5H12Cl8Si4. The van der Waals surface area contributed by atoms with Crippen molar-refractivity contribution in [2.24, 2.45) is 0 Å². The maximum absolute atomic E-state index is 6.43. The van der Waals surface area contributed by atoms with Crippen molar-refractivity contribution in [2.75, 3.05) is 0 Å². The molecule has 0 aliphatic rings. The van der Waals surface area contributed by atoms with Gasteiger partial charge in [0.15, 0.2) is 0 Å². The lowest BCUT2D eigenvalue weighted by Gasteiger charge is -2.33. The van der Waals surface area contributed by atoms with Gasteiger partial charge in [-0.05, 0) is 25.2 Å². The molecule has 104 valence electrons. The van der Waals surface area contributed by atoms with Crippen molar-refractivity contribution in [1.82, 2.24) is 0 Å². The van der Waals surface area contributed by atoms with Crippen LogP contribution in [0.4, 0.5) is 0 Å². The fraction of sp³-hybridized carbons (Fsp3) is 1.00. The highest BCUT2D eigenvalue weighted by Gasteiger charge is 2.54. The zero-order chi connectivity index (χ0) is 14.1. The Bertz CT molecular complexity index is 245. The zero-order valence-electron chi connectivity index (χ0n) is 9.09. The van der Waals surface area contributed by atoms with E-state index in [0.29, 0.717) is 12.1 Å². The van der Waals surface area contributed by atoms with Gasteiger partial charge in [-0.25, -0.2) is 0 Å². The Balaban J connectivity index is 4.86. The molecule has 0 aromatic heterocycles. The van der Waals surface area contributed by atoms with Crippen LogP contribution in [0.25, 0.3) is 0 Å². The molecular weight excluding hydrogens is 456 g/mol. The molecule has 0 nitrogen and oxygen atoms in total. The third-order valence-electron chi connectivity index (χ3n) is 2.15. The maximum atomic E-state index is 6.43. The van der Waals surface area contributed by atoms with Gasteiger partial charge in [0.1, 0.15) is 0 Å². The molecule has 1 unspecified atom stereocenters. The molecule has 0 aliphatic carbocycles. The molecule has 12 heteroatoms. The van der Waals surface area contributed by atoms with Gasteiger partial charge in [0, 0.05) is 4.79 Å². The summed E-state index contributed by atoms with van der Waals surface area (Å²) in [6.45, 7) is -4.02. The summed E-state index contributed by atoms with van der Waals surface area (Å²) < 4.78 is 0. The number of rotatable bonds is 6. The number of hydrogen-bond donors (Lipinski definition) is 0. The first kappa shape index (κ1) is 20.2. The van der Waals surface area contributed by atoms with Gasteiger partial charge in [-0.3, -0.25) is 0 Å². The monoisotopic (exact) mass is 464 g/mol. The molecule has 0 bridgehead atoms. The zero-order valence-corrected chi connectivity index (χ0v) is 19.3. The molecule has 0 saturated heterocycles. The average Bonchev–Trinajstić information content (AvgIpc) is 1.94. The summed E-state index contributed by atoms with van der Waals surface area (Å²) in [6.07, 6.45) is 0. The lowest BCUT2D eigenvalue weighted by Crippen LogP contribution is -2.46. The van der Waals surface area contributed by atoms with E-state index >= 15 is 0 Å². The highest BCUT2D eigenvalue weighted by atomic mass is 35.7. The van der Waals surface area contributed by atoms with Gasteiger partial charge in [0.25, 0.3) is 13.4 Å². The van der Waals surface area contributed by atoms with E-state index in [1.54, 1.807) is 6.55 Å². The van der Waals surface area contributed by atoms with Crippen LogP contribution in [0.3, 0.4) is 0 Å². The van der Waals surface area contributed by atoms with Gasteiger partial charge in [-0.1, -0.05) is 0 Å². The summed E-state index contributed by atoms with van der Waals surface area (Å²) in [5, 5.41) is 0. The Hall–Kier alpha value is 3.19. The smallest absolute Gasteiger partial charge is 0.150 e. The van der Waals surface area contributed by atoms with Crippen LogP contribution in [-0.4, -0.2) is 27.5 Å². The average molecular weight is 468 g/mol. The van der Waals surface area contributed by atoms with Crippen LogP contribution in [-0.2, 0) is 0 Å². The third-order valence-corrected chi connectivity index (χ3v) is 30.0. The van der Waals surface area contributed by atoms with Crippen LogP contribution in [0.5, 0.6) is 0 Å². The molecule has 0 radical (unpaired) electrons. The van der Waals surface area contributed by atoms with Crippen molar-refractivity contribution >= 4 is 116 Å². The van der Waals surface area contributed by atoms with Gasteiger partial charge in [-0.15, -0.1) is 66.5 Å². The normalized spacial score (nSPS) is 16.4. The van der Waals surface area contributed by atoms with E-state index in [1.165, 1.54) is 0 Å². The molecule has 0 saturated carbocycles. The standard InChI is InChI=1S/C5H12Cl8Si4/c1-15(8,9)3-4-17(12,13)5(14(6)7)16(2,10)11/h5,14H,3-4H2,1-2H3. The van der Waals surface area contributed by atoms with Gasteiger partial charge < -0.3 is 0 Å². The summed E-state index contributed by atoms with van der Waals surface area (Å²) in [5.41, 5.74) is 0. The second kappa shape index (κ2) is 7.45. The molecule has 0 aromatic rings. The molecule has 0 aromatic carbocycles. The van der Waals surface area contributed by atoms with E-state index in [0.717, 1.165) is 0 Å². The summed E-state index contributed by atoms with van der Waals surface area (Å²) in [6, 6.07) is 1.13. The molecule has 0 amide bonds. The van der Waals surface area contributed by atoms with Crippen LogP contribution >= 0.6 is 88.6 Å². The quantitative estimate of drug-likeness (QED) is 0.324. The summed E-state index contributed by atoms with van der Waals surface area (Å²) in [7, 11) is -2.15. The fourth-order valence-electron chi connectivity index (χ4n) is 1.32. The lowest BCUT2D eigenvalue weighted by molar-refractivity contribution is 1.35. The molecule has 17 heavy (non-hydrogen) atoms. The highest BCUT2D eigenvalue weighted by Crippen LogP contribution is 2.48. The first-order chi connectivity index (χ1) is 7.27. The highest BCUT2D eigenvalue weighted by molar-refractivity contribution is 7.64. The topological polar surface area (TPSA) is 0 Å². The van der Waals surface area contributed by atoms with E-state index in [1.807, 2.05) is 6.55 Å². The van der Waals surface area contributed by atoms with Gasteiger partial charge in [0.2, 0.25) is 14.1 Å². The SMILES string of the molecule is C[Si](Cl)(Cl)CC[Si](Cl)(Cl)C([SiH](Cl)Cl)[Si](C)(Cl)Cl. The van der Waals surface area contributed by atoms with Crippen molar-refractivity contribution in [1.29, 1.82) is 0 Å². The Morgan fingerprint density at radius 3 is 1.53 bits per heavy atom. The predicted octanol–water partition coefficient (Wildman–Crippen LogP) is 6.15. The molecule has 0 rings (SSSR count). The minimum Gasteiger partial charge on any atom is -0.150 e. The molecule has 0 fully saturated rings. The van der Waals surface area contributed by atoms with Crippen molar-refractivity contribution in [3.8, 4) is 0 Å². The molecule has 0 N–H and O–H groups in total. The largest absolute Gasteiger partial charge is 0.253 e. The van der Waals surface area contributed by atoms with Crippen molar-refractivity contribution in [2.45, 2.75) is 30.0 Å². The molecule has 0 aliphatic heterocycles. The van der Waals surface area contributed by atoms with Crippen molar-refractivity contribution < 1.29 is 0 Å². The van der Waals surface area contributed by atoms with E-state index in [-0.39, 0.29) is 4.79 Å². The summed E-state index contributed by atoms with van der Waals surface area (Å²) in [5.74, 6) is 0. The Labute approximate surface area is 144 Å². The van der Waals surface area contributed by atoms with E-state index in [9.17, 15) is 0 Å². The maximum Gasteiger partial charge on any atom is 0.253 e. The molecule has 1 atom stereocenters. The van der Waals surface area contributed by atoms with E-state index in [4.69, 9.17) is 88.6 Å². The van der Waals surface area contributed by atoms with Crippen molar-refractivity contribution in [3.63, 3.8) is 0 Å². The number of halogens is 8. The van der Waals surface area contributed by atoms with Crippen LogP contribution in [0.15, 0.2) is 0 Å². The van der Waals surface area contributed by atoms with Crippen molar-refractivity contribution in [3.05, 3.63) is 0 Å². The summed E-state index contributed by atoms with van der Waals surface area (Å²) >= 11 is 49.4. The van der Waals surface area contributed by atoms with Crippen LogP contribution < -0.4 is 0 Å². The first-order valence-corrected chi connectivity index (χ1v) is 22.5. The lowest BCUT2D eigenvalue weighted by atomic mass is 10.9. The second-order valence-electron chi connectivity index (χ2n) is 4.10. The Kier molecular flexibility index (Phi) is 8.85. The first-order valence-electron chi connectivity index (χ1n) is 4.69. The Morgan fingerprint density at radius 1 is 0.882 bits per heavy atom. The van der Waals surface area contributed by atoms with E-state index in [2.05, 4.69) is 0 Å². The van der Waals surface area contributed by atoms with Gasteiger partial charge in [0.05, 0.1) is 0 Å². The van der Waals surface area contributed by atoms with Crippen LogP contribution in [0, 0.1) is 0 Å². The van der Waals surface area contributed by atoms with Gasteiger partial charge >= 0.3 is 0 Å². The predicted molar refractivity (Wildman–Crippen MR) is 96.3 cm³/mol. The fourth-order valence-corrected chi connectivity index (χ4v) is 42.1. The minimum absolute atomic E-state index is 0.310. The van der Waals surface area contributed by atoms with Gasteiger partial charge in [-0.2, -0.15) is 22.2 Å². The van der Waals surface area contributed by atoms with E-state index < -0.39 is 27.5 Å². The Morgan fingerprint density at radius 2 is 1.29 bits per heavy atom. The van der Waals surface area contributed by atoms with Crippen LogP contribution in [0.1, 0.15) is 0 Å². The number of hydrogen-bond acceptors (Lipinski definition) is 0. The molecule has 0 spiro atoms. The summed E-state index contributed by atoms with van der Waals surface area (Å²) in [4.78, 5) is -0.310. The second-order valence-corrected chi connectivity index (χ2v) is 34.2. The molecule has 0 heterocycles.